The predicted molar refractivity (Wildman–Crippen MR) is 81.9 cm³/mol. The Labute approximate surface area is 257 Å². The molecule has 0 atom stereocenters. The van der Waals surface area contributed by atoms with Gasteiger partial charge in [-0.2, -0.15) is 0 Å². The molecule has 0 bridgehead atoms. The fourth-order valence-electron chi connectivity index (χ4n) is 0. The zero-order valence-corrected chi connectivity index (χ0v) is 7.99. The van der Waals surface area contributed by atoms with Crippen molar-refractivity contribution in [2.45, 2.75) is 0 Å². The van der Waals surface area contributed by atoms with E-state index < -0.39 is 21.8 Å². The SMILES string of the molecule is O=C(O)O.O=P(O)(O)O.O=P(O)(O)O.[CaH2].[CaH2].[CaH2].[CaH2].[CaH2]. The first-order valence-electron chi connectivity index (χ1n) is 2.22. The number of carbonyl (C=O) groups is 1. The molecule has 18 heteroatoms. The first-order chi connectivity index (χ1) is 5.73. The summed E-state index contributed by atoms with van der Waals surface area (Å²) in [5.41, 5.74) is 0. The van der Waals surface area contributed by atoms with Crippen molar-refractivity contribution in [1.29, 1.82) is 0 Å². The molecule has 0 amide bonds. The first-order valence-corrected chi connectivity index (χ1v) is 5.35. The van der Waals surface area contributed by atoms with Gasteiger partial charge >= 0.3 is 210 Å². The van der Waals surface area contributed by atoms with E-state index in [9.17, 15) is 0 Å². The van der Waals surface area contributed by atoms with Gasteiger partial charge in [-0.3, -0.25) is 0 Å². The summed E-state index contributed by atoms with van der Waals surface area (Å²) < 4.78 is 17.8. The third-order valence-corrected chi connectivity index (χ3v) is 0. The maximum atomic E-state index is 8.88. The van der Waals surface area contributed by atoms with Gasteiger partial charge in [0, 0.05) is 0 Å². The van der Waals surface area contributed by atoms with E-state index in [1.807, 2.05) is 0 Å². The first kappa shape index (κ1) is 49.8. The van der Waals surface area contributed by atoms with Crippen LogP contribution in [0.15, 0.2) is 0 Å². The Balaban J connectivity index is -0.0000000141. The van der Waals surface area contributed by atoms with Crippen molar-refractivity contribution in [1.82, 2.24) is 0 Å². The molecule has 0 aliphatic heterocycles. The molecule has 19 heavy (non-hydrogen) atoms. The van der Waals surface area contributed by atoms with Crippen molar-refractivity contribution in [3.63, 3.8) is 0 Å². The van der Waals surface area contributed by atoms with Gasteiger partial charge in [0.25, 0.3) is 0 Å². The van der Waals surface area contributed by atoms with E-state index in [1.165, 1.54) is 0 Å². The number of hydrogen-bond acceptors (Lipinski definition) is 3. The van der Waals surface area contributed by atoms with Gasteiger partial charge in [0.2, 0.25) is 0 Å². The molecule has 0 fully saturated rings. The molecule has 0 saturated carbocycles. The van der Waals surface area contributed by atoms with Crippen LogP contribution in [0.1, 0.15) is 0 Å². The topological polar surface area (TPSA) is 213 Å². The van der Waals surface area contributed by atoms with Crippen LogP contribution in [0.3, 0.4) is 0 Å². The molecule has 0 radical (unpaired) electrons. The van der Waals surface area contributed by atoms with Crippen LogP contribution < -0.4 is 0 Å². The summed E-state index contributed by atoms with van der Waals surface area (Å²) in [6, 6.07) is 0. The number of carboxylic acid groups (broad SMARTS) is 2. The maximum absolute atomic E-state index is 8.88. The van der Waals surface area contributed by atoms with Crippen molar-refractivity contribution in [3.05, 3.63) is 0 Å². The van der Waals surface area contributed by atoms with Crippen molar-refractivity contribution in [2.75, 3.05) is 0 Å². The van der Waals surface area contributed by atoms with E-state index in [0.29, 0.717) is 0 Å². The molecule has 0 spiro atoms. The minimum atomic E-state index is -4.64. The Morgan fingerprint density at radius 3 is 0.579 bits per heavy atom. The van der Waals surface area contributed by atoms with Gasteiger partial charge in [0.15, 0.2) is 0 Å². The van der Waals surface area contributed by atoms with E-state index in [-0.39, 0.29) is 189 Å². The summed E-state index contributed by atoms with van der Waals surface area (Å²) in [6.45, 7) is 0. The van der Waals surface area contributed by atoms with Crippen LogP contribution in [0.4, 0.5) is 4.79 Å². The standard InChI is InChI=1S/CH2O3.5Ca.2H3O4P.10H/c2-1(3)4;;;;;;2*1-5(2,3)4;;;;;;;;;;/h(H2,2,3,4);;;;;;2*(H3,1,2,3,4);;;;;;;;;;. The van der Waals surface area contributed by atoms with E-state index in [1.54, 1.807) is 0 Å². The van der Waals surface area contributed by atoms with Crippen molar-refractivity contribution < 1.29 is 53.5 Å². The summed E-state index contributed by atoms with van der Waals surface area (Å²) in [7, 11) is -9.28. The zero-order chi connectivity index (χ0) is 12.6. The predicted octanol–water partition coefficient (Wildman–Crippen LogP) is -6.22. The van der Waals surface area contributed by atoms with E-state index in [4.69, 9.17) is 53.5 Å². The van der Waals surface area contributed by atoms with Crippen molar-refractivity contribution in [3.8, 4) is 0 Å². The molecule has 8 N–H and O–H groups in total. The summed E-state index contributed by atoms with van der Waals surface area (Å²) in [4.78, 5) is 51.7. The Morgan fingerprint density at radius 2 is 0.579 bits per heavy atom. The molecule has 0 aliphatic rings. The molecule has 0 aliphatic carbocycles. The number of phosphoric acid groups is 2. The van der Waals surface area contributed by atoms with Crippen LogP contribution in [0.2, 0.25) is 0 Å². The fraction of sp³-hybridized carbons (Fsp3) is 0. The fourth-order valence-corrected chi connectivity index (χ4v) is 0. The normalized spacial score (nSPS) is 7.47. The van der Waals surface area contributed by atoms with E-state index in [0.717, 1.165) is 0 Å². The number of hydrogen-bond donors (Lipinski definition) is 8. The van der Waals surface area contributed by atoms with Crippen LogP contribution in [0, 0.1) is 0 Å². The third-order valence-electron chi connectivity index (χ3n) is 0. The second kappa shape index (κ2) is 28.6. The second-order valence-electron chi connectivity index (χ2n) is 1.31. The van der Waals surface area contributed by atoms with Gasteiger partial charge in [-0.1, -0.05) is 0 Å². The third kappa shape index (κ3) is 337. The van der Waals surface area contributed by atoms with Crippen LogP contribution >= 0.6 is 15.6 Å². The Hall–Kier alpha value is 5.79. The van der Waals surface area contributed by atoms with Crippen molar-refractivity contribution >= 4 is 210 Å². The monoisotopic (exact) mass is 468 g/mol. The van der Waals surface area contributed by atoms with E-state index >= 15 is 0 Å². The molecule has 0 aromatic carbocycles. The average Bonchev–Trinajstić information content (AvgIpc) is 1.45. The summed E-state index contributed by atoms with van der Waals surface area (Å²) in [6.07, 6.45) is -1.83. The summed E-state index contributed by atoms with van der Waals surface area (Å²) in [5, 5.41) is 13.9. The summed E-state index contributed by atoms with van der Waals surface area (Å²) in [5.74, 6) is 0. The molecule has 0 saturated heterocycles. The van der Waals surface area contributed by atoms with Crippen molar-refractivity contribution in [2.24, 2.45) is 0 Å². The molecular weight excluding hydrogens is 450 g/mol. The van der Waals surface area contributed by atoms with Gasteiger partial charge in [0.1, 0.15) is 0 Å². The van der Waals surface area contributed by atoms with Gasteiger partial charge in [0.05, 0.1) is 0 Å². The van der Waals surface area contributed by atoms with Crippen LogP contribution in [-0.2, 0) is 9.13 Å². The average molecular weight is 468 g/mol. The minimum absolute atomic E-state index is 0. The Bertz CT molecular complexity index is 205. The second-order valence-corrected chi connectivity index (χ2v) is 3.36. The molecule has 0 heterocycles. The molecule has 0 aromatic rings. The number of rotatable bonds is 0. The van der Waals surface area contributed by atoms with Crippen LogP contribution in [0.25, 0.3) is 0 Å². The molecule has 11 nitrogen and oxygen atoms in total. The Kier molecular flexibility index (Phi) is 74.9. The molecule has 108 valence electrons. The molecule has 0 unspecified atom stereocenters. The Morgan fingerprint density at radius 1 is 0.579 bits per heavy atom. The van der Waals surface area contributed by atoms with Crippen LogP contribution in [-0.4, -0.2) is 234 Å². The molecule has 0 aromatic heterocycles. The van der Waals surface area contributed by atoms with Gasteiger partial charge in [-0.15, -0.1) is 0 Å². The quantitative estimate of drug-likeness (QED) is 0.124. The zero-order valence-electron chi connectivity index (χ0n) is 6.20. The van der Waals surface area contributed by atoms with Crippen LogP contribution in [0.5, 0.6) is 0 Å². The molecule has 0 rings (SSSR count). The van der Waals surface area contributed by atoms with E-state index in [2.05, 4.69) is 0 Å². The van der Waals surface area contributed by atoms with Gasteiger partial charge in [-0.05, 0) is 0 Å². The van der Waals surface area contributed by atoms with Gasteiger partial charge in [-0.25, -0.2) is 13.9 Å². The van der Waals surface area contributed by atoms with Gasteiger partial charge < -0.3 is 39.6 Å². The summed E-state index contributed by atoms with van der Waals surface area (Å²) >= 11 is 0. The molecular formula is CH18Ca5O11P2.